The van der Waals surface area contributed by atoms with Gasteiger partial charge in [0.25, 0.3) is 0 Å². The smallest absolute Gasteiger partial charge is 0.0836 e. The summed E-state index contributed by atoms with van der Waals surface area (Å²) in [5.41, 5.74) is 1.11. The first-order chi connectivity index (χ1) is 7.35. The van der Waals surface area contributed by atoms with Crippen LogP contribution in [0.3, 0.4) is 0 Å². The average molecular weight is 221 g/mol. The van der Waals surface area contributed by atoms with Crippen LogP contribution in [-0.4, -0.2) is 17.2 Å². The maximum atomic E-state index is 3.98. The number of rotatable bonds is 4. The van der Waals surface area contributed by atoms with E-state index >= 15 is 0 Å². The molecule has 0 aliphatic carbocycles. The Labute approximate surface area is 93.5 Å². The fourth-order valence-electron chi connectivity index (χ4n) is 1.62. The van der Waals surface area contributed by atoms with Gasteiger partial charge < -0.3 is 5.32 Å². The summed E-state index contributed by atoms with van der Waals surface area (Å²) < 4.78 is 0. The van der Waals surface area contributed by atoms with Gasteiger partial charge in [-0.15, -0.1) is 11.3 Å². The van der Waals surface area contributed by atoms with Gasteiger partial charge >= 0.3 is 0 Å². The van der Waals surface area contributed by atoms with Crippen molar-refractivity contribution in [1.29, 1.82) is 0 Å². The van der Waals surface area contributed by atoms with Gasteiger partial charge in [-0.3, -0.25) is 5.10 Å². The lowest BCUT2D eigenvalue weighted by Crippen LogP contribution is -2.16. The van der Waals surface area contributed by atoms with Crippen LogP contribution in [0.15, 0.2) is 24.4 Å². The second-order valence-electron chi connectivity index (χ2n) is 3.39. The van der Waals surface area contributed by atoms with Gasteiger partial charge in [0.05, 0.1) is 11.7 Å². The molecule has 0 bridgehead atoms. The first-order valence-electron chi connectivity index (χ1n) is 5.10. The molecule has 2 aromatic rings. The highest BCUT2D eigenvalue weighted by atomic mass is 32.1. The van der Waals surface area contributed by atoms with Crippen molar-refractivity contribution in [3.05, 3.63) is 39.8 Å². The third-order valence-electron chi connectivity index (χ3n) is 2.44. The molecule has 0 aliphatic heterocycles. The first-order valence-corrected chi connectivity index (χ1v) is 5.92. The molecule has 15 heavy (non-hydrogen) atoms. The lowest BCUT2D eigenvalue weighted by atomic mass is 10.2. The van der Waals surface area contributed by atoms with Gasteiger partial charge in [0.2, 0.25) is 0 Å². The van der Waals surface area contributed by atoms with Crippen molar-refractivity contribution in [3.8, 4) is 0 Å². The number of hydrogen-bond donors (Lipinski definition) is 2. The molecule has 0 radical (unpaired) electrons. The van der Waals surface area contributed by atoms with Crippen molar-refractivity contribution in [2.24, 2.45) is 0 Å². The molecular formula is C11H15N3S. The van der Waals surface area contributed by atoms with E-state index in [4.69, 9.17) is 0 Å². The van der Waals surface area contributed by atoms with E-state index in [1.807, 2.05) is 24.5 Å². The molecule has 0 spiro atoms. The number of aryl methyl sites for hydroxylation is 1. The molecule has 0 saturated carbocycles. The van der Waals surface area contributed by atoms with E-state index in [1.165, 1.54) is 9.75 Å². The van der Waals surface area contributed by atoms with E-state index in [2.05, 4.69) is 34.6 Å². The van der Waals surface area contributed by atoms with Gasteiger partial charge in [0.1, 0.15) is 0 Å². The predicted molar refractivity (Wildman–Crippen MR) is 63.2 cm³/mol. The number of nitrogens with zero attached hydrogens (tertiary/aromatic N) is 1. The molecule has 0 fully saturated rings. The lowest BCUT2D eigenvalue weighted by Gasteiger charge is -2.11. The minimum absolute atomic E-state index is 0.234. The molecule has 4 heteroatoms. The molecule has 3 nitrogen and oxygen atoms in total. The Morgan fingerprint density at radius 2 is 2.33 bits per heavy atom. The van der Waals surface area contributed by atoms with Crippen LogP contribution in [0, 0.1) is 0 Å². The Balaban J connectivity index is 2.27. The summed E-state index contributed by atoms with van der Waals surface area (Å²) in [6.45, 7) is 2.18. The maximum Gasteiger partial charge on any atom is 0.0836 e. The number of hydrogen-bond acceptors (Lipinski definition) is 3. The second kappa shape index (κ2) is 4.59. The van der Waals surface area contributed by atoms with Crippen molar-refractivity contribution >= 4 is 11.3 Å². The zero-order chi connectivity index (χ0) is 10.7. The van der Waals surface area contributed by atoms with Crippen LogP contribution in [0.4, 0.5) is 0 Å². The Kier molecular flexibility index (Phi) is 3.18. The summed E-state index contributed by atoms with van der Waals surface area (Å²) in [5, 5.41) is 10.3. The van der Waals surface area contributed by atoms with Crippen LogP contribution in [0.5, 0.6) is 0 Å². The van der Waals surface area contributed by atoms with Gasteiger partial charge in [-0.1, -0.05) is 6.92 Å². The molecule has 2 aromatic heterocycles. The van der Waals surface area contributed by atoms with Crippen molar-refractivity contribution in [2.45, 2.75) is 19.4 Å². The first kappa shape index (κ1) is 10.4. The van der Waals surface area contributed by atoms with Gasteiger partial charge in [-0.25, -0.2) is 0 Å². The normalized spacial score (nSPS) is 12.9. The molecule has 0 aromatic carbocycles. The van der Waals surface area contributed by atoms with Crippen molar-refractivity contribution in [3.63, 3.8) is 0 Å². The van der Waals surface area contributed by atoms with Crippen LogP contribution in [0.25, 0.3) is 0 Å². The molecule has 2 rings (SSSR count). The van der Waals surface area contributed by atoms with Gasteiger partial charge in [0.15, 0.2) is 0 Å². The topological polar surface area (TPSA) is 40.7 Å². The van der Waals surface area contributed by atoms with E-state index in [-0.39, 0.29) is 6.04 Å². The quantitative estimate of drug-likeness (QED) is 0.832. The largest absolute Gasteiger partial charge is 0.307 e. The number of nitrogens with one attached hydrogen (secondary N) is 2. The monoisotopic (exact) mass is 221 g/mol. The van der Waals surface area contributed by atoms with Crippen LogP contribution >= 0.6 is 11.3 Å². The minimum Gasteiger partial charge on any atom is -0.307 e. The Morgan fingerprint density at radius 1 is 1.47 bits per heavy atom. The third-order valence-corrected chi connectivity index (χ3v) is 3.73. The van der Waals surface area contributed by atoms with Gasteiger partial charge in [-0.05, 0) is 31.7 Å². The Morgan fingerprint density at radius 3 is 2.87 bits per heavy atom. The van der Waals surface area contributed by atoms with E-state index in [9.17, 15) is 0 Å². The molecule has 1 unspecified atom stereocenters. The molecular weight excluding hydrogens is 206 g/mol. The fraction of sp³-hybridized carbons (Fsp3) is 0.364. The predicted octanol–water partition coefficient (Wildman–Crippen LogP) is 2.34. The SMILES string of the molecule is CCc1ccc(C(NC)c2ccn[nH]2)s1. The number of aromatic amines is 1. The standard InChI is InChI=1S/C11H15N3S/c1-3-8-4-5-10(15-8)11(12-2)9-6-7-13-14-9/h4-7,11-12H,3H2,1-2H3,(H,13,14). The van der Waals surface area contributed by atoms with E-state index in [0.717, 1.165) is 12.1 Å². The third kappa shape index (κ3) is 2.11. The molecule has 0 amide bonds. The summed E-state index contributed by atoms with van der Waals surface area (Å²) >= 11 is 1.85. The lowest BCUT2D eigenvalue weighted by molar-refractivity contribution is 0.679. The van der Waals surface area contributed by atoms with Gasteiger partial charge in [0, 0.05) is 16.0 Å². The zero-order valence-corrected chi connectivity index (χ0v) is 9.77. The second-order valence-corrected chi connectivity index (χ2v) is 4.59. The maximum absolute atomic E-state index is 3.98. The molecule has 0 aliphatic rings. The zero-order valence-electron chi connectivity index (χ0n) is 8.95. The summed E-state index contributed by atoms with van der Waals surface area (Å²) in [6.07, 6.45) is 2.89. The average Bonchev–Trinajstić information content (AvgIpc) is 2.89. The fourth-order valence-corrected chi connectivity index (χ4v) is 2.70. The molecule has 80 valence electrons. The molecule has 2 N–H and O–H groups in total. The summed E-state index contributed by atoms with van der Waals surface area (Å²) in [5.74, 6) is 0. The van der Waals surface area contributed by atoms with Gasteiger partial charge in [-0.2, -0.15) is 5.10 Å². The minimum atomic E-state index is 0.234. The Hall–Kier alpha value is -1.13. The van der Waals surface area contributed by atoms with Crippen molar-refractivity contribution < 1.29 is 0 Å². The highest BCUT2D eigenvalue weighted by molar-refractivity contribution is 7.12. The number of H-pyrrole nitrogens is 1. The van der Waals surface area contributed by atoms with Crippen LogP contribution < -0.4 is 5.32 Å². The highest BCUT2D eigenvalue weighted by Gasteiger charge is 2.14. The highest BCUT2D eigenvalue weighted by Crippen LogP contribution is 2.27. The van der Waals surface area contributed by atoms with Crippen LogP contribution in [-0.2, 0) is 6.42 Å². The van der Waals surface area contributed by atoms with E-state index < -0.39 is 0 Å². The van der Waals surface area contributed by atoms with Crippen LogP contribution in [0.1, 0.15) is 28.4 Å². The van der Waals surface area contributed by atoms with Crippen molar-refractivity contribution in [2.75, 3.05) is 7.05 Å². The summed E-state index contributed by atoms with van der Waals surface area (Å²) in [6, 6.07) is 6.62. The van der Waals surface area contributed by atoms with Crippen LogP contribution in [0.2, 0.25) is 0 Å². The summed E-state index contributed by atoms with van der Waals surface area (Å²) in [4.78, 5) is 2.75. The van der Waals surface area contributed by atoms with E-state index in [1.54, 1.807) is 6.20 Å². The van der Waals surface area contributed by atoms with Crippen molar-refractivity contribution in [1.82, 2.24) is 15.5 Å². The molecule has 2 heterocycles. The molecule has 1 atom stereocenters. The Bertz CT molecular complexity index is 405. The number of aromatic nitrogens is 2. The van der Waals surface area contributed by atoms with E-state index in [0.29, 0.717) is 0 Å². The molecule has 0 saturated heterocycles. The number of thiophene rings is 1. The summed E-state index contributed by atoms with van der Waals surface area (Å²) in [7, 11) is 1.97.